The zero-order valence-electron chi connectivity index (χ0n) is 21.2. The van der Waals surface area contributed by atoms with E-state index in [0.29, 0.717) is 17.2 Å². The highest BCUT2D eigenvalue weighted by atomic mass is 16.1. The fourth-order valence-corrected chi connectivity index (χ4v) is 4.27. The predicted octanol–water partition coefficient (Wildman–Crippen LogP) is 4.59. The summed E-state index contributed by atoms with van der Waals surface area (Å²) in [5.41, 5.74) is 5.75. The van der Waals surface area contributed by atoms with Crippen LogP contribution in [0.3, 0.4) is 0 Å². The highest BCUT2D eigenvalue weighted by molar-refractivity contribution is 6.04. The Bertz CT molecular complexity index is 1350. The minimum atomic E-state index is -0.176. The molecule has 2 aromatic heterocycles. The number of carbonyl (C=O) groups excluding carboxylic acids is 1. The summed E-state index contributed by atoms with van der Waals surface area (Å²) >= 11 is 0. The number of likely N-dealkylation sites (N-methyl/N-ethyl adjacent to an activating group) is 1. The summed E-state index contributed by atoms with van der Waals surface area (Å²) in [6.45, 7) is 7.11. The molecule has 5 rings (SSSR count). The number of amides is 1. The first-order valence-electron chi connectivity index (χ1n) is 12.5. The Hall–Kier alpha value is -4.14. The first-order chi connectivity index (χ1) is 18.0. The zero-order chi connectivity index (χ0) is 25.6. The van der Waals surface area contributed by atoms with Crippen molar-refractivity contribution in [2.75, 3.05) is 43.9 Å². The number of hydrogen-bond donors (Lipinski definition) is 2. The monoisotopic (exact) mass is 493 g/mol. The molecule has 4 aromatic rings. The number of anilines is 3. The van der Waals surface area contributed by atoms with E-state index in [4.69, 9.17) is 0 Å². The Balaban J connectivity index is 1.24. The molecule has 0 unspecified atom stereocenters. The van der Waals surface area contributed by atoms with Gasteiger partial charge >= 0.3 is 0 Å². The fourth-order valence-electron chi connectivity index (χ4n) is 4.27. The lowest BCUT2D eigenvalue weighted by Crippen LogP contribution is -2.43. The molecule has 0 spiro atoms. The van der Waals surface area contributed by atoms with E-state index in [9.17, 15) is 4.79 Å². The summed E-state index contributed by atoms with van der Waals surface area (Å²) in [7, 11) is 2.16. The number of aromatic nitrogens is 3. The van der Waals surface area contributed by atoms with Crippen molar-refractivity contribution < 1.29 is 4.79 Å². The molecule has 8 nitrogen and oxygen atoms in total. The number of hydrogen-bond acceptors (Lipinski definition) is 7. The number of benzene rings is 2. The van der Waals surface area contributed by atoms with E-state index >= 15 is 0 Å². The van der Waals surface area contributed by atoms with Crippen LogP contribution in [0.4, 0.5) is 17.3 Å². The average molecular weight is 494 g/mol. The number of nitrogens with one attached hydrogen (secondary N) is 2. The molecule has 1 fully saturated rings. The molecule has 8 heteroatoms. The van der Waals surface area contributed by atoms with E-state index in [1.54, 1.807) is 12.4 Å². The Morgan fingerprint density at radius 3 is 2.46 bits per heavy atom. The van der Waals surface area contributed by atoms with Crippen LogP contribution in [0.15, 0.2) is 79.1 Å². The van der Waals surface area contributed by atoms with E-state index in [0.717, 1.165) is 55.4 Å². The van der Waals surface area contributed by atoms with Gasteiger partial charge in [0.05, 0.1) is 29.0 Å². The quantitative estimate of drug-likeness (QED) is 0.389. The lowest BCUT2D eigenvalue weighted by atomic mass is 10.1. The standard InChI is InChI=1S/C29H31N7O/c1-21-27(34-29-30-13-12-26(33-29)23-6-4-3-5-7-23)18-25(19-31-21)32-28(37)24-10-8-22(9-11-24)20-36-16-14-35(2)15-17-36/h3-13,18-19H,14-17,20H2,1-2H3,(H,32,37)(H,30,33,34). The molecular formula is C29H31N7O. The van der Waals surface area contributed by atoms with Crippen LogP contribution in [0.5, 0.6) is 0 Å². The van der Waals surface area contributed by atoms with Gasteiger partial charge in [0.25, 0.3) is 5.91 Å². The van der Waals surface area contributed by atoms with Crippen LogP contribution in [-0.4, -0.2) is 63.9 Å². The molecule has 2 aromatic carbocycles. The second kappa shape index (κ2) is 11.3. The highest BCUT2D eigenvalue weighted by Crippen LogP contribution is 2.23. The van der Waals surface area contributed by atoms with E-state index < -0.39 is 0 Å². The molecule has 0 atom stereocenters. The number of nitrogens with zero attached hydrogens (tertiary/aromatic N) is 5. The lowest BCUT2D eigenvalue weighted by molar-refractivity contribution is 0.102. The van der Waals surface area contributed by atoms with Crippen molar-refractivity contribution in [2.45, 2.75) is 13.5 Å². The fraction of sp³-hybridized carbons (Fsp3) is 0.241. The van der Waals surface area contributed by atoms with E-state index in [1.807, 2.05) is 73.7 Å². The molecule has 0 radical (unpaired) electrons. The summed E-state index contributed by atoms with van der Waals surface area (Å²) in [5.74, 6) is 0.288. The van der Waals surface area contributed by atoms with Gasteiger partial charge in [-0.15, -0.1) is 0 Å². The molecule has 1 aliphatic heterocycles. The molecule has 0 saturated carbocycles. The zero-order valence-corrected chi connectivity index (χ0v) is 21.2. The number of rotatable bonds is 7. The van der Waals surface area contributed by atoms with E-state index in [1.165, 1.54) is 5.56 Å². The van der Waals surface area contributed by atoms with Gasteiger partial charge in [-0.3, -0.25) is 14.7 Å². The van der Waals surface area contributed by atoms with Crippen LogP contribution < -0.4 is 10.6 Å². The van der Waals surface area contributed by atoms with Gasteiger partial charge in [0, 0.05) is 50.0 Å². The number of carbonyl (C=O) groups is 1. The maximum absolute atomic E-state index is 12.9. The van der Waals surface area contributed by atoms with Gasteiger partial charge in [-0.1, -0.05) is 42.5 Å². The average Bonchev–Trinajstić information content (AvgIpc) is 2.93. The molecule has 0 aliphatic carbocycles. The molecule has 1 aliphatic rings. The SMILES string of the molecule is Cc1ncc(NC(=O)c2ccc(CN3CCN(C)CC3)cc2)cc1Nc1nccc(-c2ccccc2)n1. The molecule has 188 valence electrons. The van der Waals surface area contributed by atoms with Crippen LogP contribution in [0.25, 0.3) is 11.3 Å². The van der Waals surface area contributed by atoms with Crippen LogP contribution >= 0.6 is 0 Å². The molecule has 2 N–H and O–H groups in total. The van der Waals surface area contributed by atoms with Gasteiger partial charge in [0.2, 0.25) is 5.95 Å². The molecule has 37 heavy (non-hydrogen) atoms. The normalized spacial score (nSPS) is 14.3. The van der Waals surface area contributed by atoms with Crippen LogP contribution in [0.2, 0.25) is 0 Å². The third-order valence-corrected chi connectivity index (χ3v) is 6.53. The summed E-state index contributed by atoms with van der Waals surface area (Å²) < 4.78 is 0. The Morgan fingerprint density at radius 1 is 0.946 bits per heavy atom. The van der Waals surface area contributed by atoms with Crippen molar-refractivity contribution in [1.82, 2.24) is 24.8 Å². The van der Waals surface area contributed by atoms with Crippen molar-refractivity contribution in [3.63, 3.8) is 0 Å². The molecular weight excluding hydrogens is 462 g/mol. The maximum Gasteiger partial charge on any atom is 0.255 e. The van der Waals surface area contributed by atoms with E-state index in [-0.39, 0.29) is 5.91 Å². The van der Waals surface area contributed by atoms with Crippen molar-refractivity contribution in [3.05, 3.63) is 95.9 Å². The van der Waals surface area contributed by atoms with Gasteiger partial charge in [0.1, 0.15) is 0 Å². The van der Waals surface area contributed by atoms with Crippen molar-refractivity contribution in [3.8, 4) is 11.3 Å². The minimum absolute atomic E-state index is 0.176. The van der Waals surface area contributed by atoms with Gasteiger partial charge in [-0.2, -0.15) is 0 Å². The number of piperazine rings is 1. The summed E-state index contributed by atoms with van der Waals surface area (Å²) in [6.07, 6.45) is 3.38. The molecule has 0 bridgehead atoms. The maximum atomic E-state index is 12.9. The summed E-state index contributed by atoms with van der Waals surface area (Å²) in [4.78, 5) is 31.1. The first kappa shape index (κ1) is 24.5. The third-order valence-electron chi connectivity index (χ3n) is 6.53. The van der Waals surface area contributed by atoms with Gasteiger partial charge in [-0.05, 0) is 43.8 Å². The van der Waals surface area contributed by atoms with Crippen LogP contribution in [0, 0.1) is 6.92 Å². The van der Waals surface area contributed by atoms with Gasteiger partial charge in [-0.25, -0.2) is 9.97 Å². The second-order valence-corrected chi connectivity index (χ2v) is 9.34. The molecule has 3 heterocycles. The van der Waals surface area contributed by atoms with Crippen molar-refractivity contribution in [1.29, 1.82) is 0 Å². The van der Waals surface area contributed by atoms with Gasteiger partial charge < -0.3 is 15.5 Å². The molecule has 1 amide bonds. The van der Waals surface area contributed by atoms with Crippen molar-refractivity contribution >= 4 is 23.2 Å². The summed E-state index contributed by atoms with van der Waals surface area (Å²) in [6, 6.07) is 21.5. The first-order valence-corrected chi connectivity index (χ1v) is 12.5. The Labute approximate surface area is 217 Å². The Kier molecular flexibility index (Phi) is 7.49. The minimum Gasteiger partial charge on any atom is -0.322 e. The lowest BCUT2D eigenvalue weighted by Gasteiger charge is -2.32. The smallest absolute Gasteiger partial charge is 0.255 e. The third kappa shape index (κ3) is 6.35. The number of pyridine rings is 1. The van der Waals surface area contributed by atoms with E-state index in [2.05, 4.69) is 42.4 Å². The molecule has 1 saturated heterocycles. The van der Waals surface area contributed by atoms with Crippen molar-refractivity contribution in [2.24, 2.45) is 0 Å². The van der Waals surface area contributed by atoms with Crippen LogP contribution in [0.1, 0.15) is 21.6 Å². The topological polar surface area (TPSA) is 86.3 Å². The number of aryl methyl sites for hydroxylation is 1. The second-order valence-electron chi connectivity index (χ2n) is 9.34. The van der Waals surface area contributed by atoms with Crippen LogP contribution in [-0.2, 0) is 6.54 Å². The Morgan fingerprint density at radius 2 is 1.70 bits per heavy atom. The predicted molar refractivity (Wildman–Crippen MR) is 147 cm³/mol. The summed E-state index contributed by atoms with van der Waals surface area (Å²) in [5, 5.41) is 6.20. The largest absolute Gasteiger partial charge is 0.322 e. The van der Waals surface area contributed by atoms with Gasteiger partial charge in [0.15, 0.2) is 0 Å². The highest BCUT2D eigenvalue weighted by Gasteiger charge is 2.14.